The molecule has 4 rings (SSSR count). The van der Waals surface area contributed by atoms with Crippen LogP contribution in [0, 0.1) is 0 Å². The number of fused-ring (bicyclic) bond motifs is 1. The normalized spacial score (nSPS) is 25.4. The van der Waals surface area contributed by atoms with Gasteiger partial charge in [-0.3, -0.25) is 9.63 Å². The Morgan fingerprint density at radius 1 is 1.13 bits per heavy atom. The minimum Gasteiger partial charge on any atom is -0.351 e. The van der Waals surface area contributed by atoms with Gasteiger partial charge < -0.3 is 15.1 Å². The van der Waals surface area contributed by atoms with Crippen molar-refractivity contribution in [2.45, 2.75) is 57.0 Å². The summed E-state index contributed by atoms with van der Waals surface area (Å²) in [5, 5.41) is 5.14. The molecular formula is C25H38N4O2. The van der Waals surface area contributed by atoms with Gasteiger partial charge in [-0.05, 0) is 57.3 Å². The van der Waals surface area contributed by atoms with Crippen molar-refractivity contribution < 1.29 is 9.63 Å². The first-order valence-corrected chi connectivity index (χ1v) is 12.0. The molecule has 6 nitrogen and oxygen atoms in total. The number of nitrogens with zero attached hydrogens (tertiary/aromatic N) is 3. The monoisotopic (exact) mass is 426 g/mol. The lowest BCUT2D eigenvalue weighted by Gasteiger charge is -2.38. The SMILES string of the molecule is C=CCON1c2ccccc2CC1(C)C(=O)NC1CCN(CCN2CCCCC2)CC1. The van der Waals surface area contributed by atoms with Crippen LogP contribution >= 0.6 is 0 Å². The van der Waals surface area contributed by atoms with E-state index >= 15 is 0 Å². The Bertz CT molecular complexity index is 756. The van der Waals surface area contributed by atoms with Crippen LogP contribution in [0.3, 0.4) is 0 Å². The third kappa shape index (κ3) is 5.13. The number of carbonyl (C=O) groups is 1. The van der Waals surface area contributed by atoms with Crippen LogP contribution in [0.1, 0.15) is 44.6 Å². The highest BCUT2D eigenvalue weighted by molar-refractivity contribution is 5.92. The molecule has 0 bridgehead atoms. The summed E-state index contributed by atoms with van der Waals surface area (Å²) < 4.78 is 0. The van der Waals surface area contributed by atoms with Gasteiger partial charge >= 0.3 is 0 Å². The summed E-state index contributed by atoms with van der Waals surface area (Å²) in [6.45, 7) is 13.1. The fourth-order valence-corrected chi connectivity index (χ4v) is 5.19. The van der Waals surface area contributed by atoms with Gasteiger partial charge in [-0.1, -0.05) is 30.7 Å². The van der Waals surface area contributed by atoms with Crippen LogP contribution in [0.2, 0.25) is 0 Å². The summed E-state index contributed by atoms with van der Waals surface area (Å²) in [4.78, 5) is 24.5. The number of rotatable bonds is 8. The molecule has 0 aliphatic carbocycles. The first kappa shape index (κ1) is 22.3. The summed E-state index contributed by atoms with van der Waals surface area (Å²) >= 11 is 0. The molecule has 0 radical (unpaired) electrons. The van der Waals surface area contributed by atoms with Crippen LogP contribution < -0.4 is 10.4 Å². The maximum Gasteiger partial charge on any atom is 0.248 e. The molecule has 2 saturated heterocycles. The second-order valence-electron chi connectivity index (χ2n) is 9.45. The van der Waals surface area contributed by atoms with E-state index in [0.29, 0.717) is 13.0 Å². The van der Waals surface area contributed by atoms with Crippen molar-refractivity contribution in [3.8, 4) is 0 Å². The molecule has 2 fully saturated rings. The number of para-hydroxylation sites is 1. The Morgan fingerprint density at radius 2 is 1.81 bits per heavy atom. The number of likely N-dealkylation sites (tertiary alicyclic amines) is 2. The molecule has 1 unspecified atom stereocenters. The van der Waals surface area contributed by atoms with E-state index in [-0.39, 0.29) is 11.9 Å². The van der Waals surface area contributed by atoms with E-state index in [1.807, 2.05) is 25.1 Å². The average molecular weight is 427 g/mol. The van der Waals surface area contributed by atoms with Crippen molar-refractivity contribution in [1.29, 1.82) is 0 Å². The van der Waals surface area contributed by atoms with Crippen LogP contribution in [0.15, 0.2) is 36.9 Å². The predicted octanol–water partition coefficient (Wildman–Crippen LogP) is 2.99. The maximum absolute atomic E-state index is 13.4. The topological polar surface area (TPSA) is 48.1 Å². The lowest BCUT2D eigenvalue weighted by Crippen LogP contribution is -2.58. The highest BCUT2D eigenvalue weighted by atomic mass is 16.7. The van der Waals surface area contributed by atoms with Gasteiger partial charge in [0.25, 0.3) is 0 Å². The number of nitrogens with one attached hydrogen (secondary N) is 1. The van der Waals surface area contributed by atoms with Gasteiger partial charge in [0.15, 0.2) is 0 Å². The molecule has 0 saturated carbocycles. The molecular weight excluding hydrogens is 388 g/mol. The molecule has 0 aromatic heterocycles. The largest absolute Gasteiger partial charge is 0.351 e. The Labute approximate surface area is 187 Å². The van der Waals surface area contributed by atoms with E-state index in [2.05, 4.69) is 27.8 Å². The number of hydrogen-bond donors (Lipinski definition) is 1. The summed E-state index contributed by atoms with van der Waals surface area (Å²) in [7, 11) is 0. The van der Waals surface area contributed by atoms with Crippen LogP contribution in [0.25, 0.3) is 0 Å². The molecule has 1 atom stereocenters. The van der Waals surface area contributed by atoms with Crippen LogP contribution in [0.5, 0.6) is 0 Å². The van der Waals surface area contributed by atoms with Crippen molar-refractivity contribution in [2.75, 3.05) is 50.9 Å². The number of hydrogen-bond acceptors (Lipinski definition) is 5. The lowest BCUT2D eigenvalue weighted by molar-refractivity contribution is -0.129. The van der Waals surface area contributed by atoms with Crippen molar-refractivity contribution in [3.05, 3.63) is 42.5 Å². The quantitative estimate of drug-likeness (QED) is 0.648. The third-order valence-corrected chi connectivity index (χ3v) is 7.11. The number of benzene rings is 1. The zero-order chi connectivity index (χ0) is 21.7. The van der Waals surface area contributed by atoms with E-state index < -0.39 is 5.54 Å². The molecule has 1 aromatic carbocycles. The van der Waals surface area contributed by atoms with E-state index in [9.17, 15) is 4.79 Å². The predicted molar refractivity (Wildman–Crippen MR) is 125 cm³/mol. The zero-order valence-electron chi connectivity index (χ0n) is 19.0. The van der Waals surface area contributed by atoms with Crippen molar-refractivity contribution >= 4 is 11.6 Å². The van der Waals surface area contributed by atoms with Crippen LogP contribution in [-0.2, 0) is 16.1 Å². The molecule has 3 heterocycles. The lowest BCUT2D eigenvalue weighted by atomic mass is 9.95. The summed E-state index contributed by atoms with van der Waals surface area (Å²) in [6.07, 6.45) is 8.50. The summed E-state index contributed by atoms with van der Waals surface area (Å²) in [5.41, 5.74) is 1.39. The number of hydroxylamine groups is 1. The molecule has 170 valence electrons. The first-order valence-electron chi connectivity index (χ1n) is 12.0. The van der Waals surface area contributed by atoms with Gasteiger partial charge in [0.1, 0.15) is 5.54 Å². The molecule has 0 spiro atoms. The van der Waals surface area contributed by atoms with Crippen LogP contribution in [0.4, 0.5) is 5.69 Å². The van der Waals surface area contributed by atoms with Crippen molar-refractivity contribution in [1.82, 2.24) is 15.1 Å². The van der Waals surface area contributed by atoms with E-state index in [1.54, 1.807) is 11.1 Å². The highest BCUT2D eigenvalue weighted by Gasteiger charge is 2.47. The molecule has 3 aliphatic heterocycles. The van der Waals surface area contributed by atoms with Gasteiger partial charge in [-0.25, -0.2) is 5.06 Å². The molecule has 3 aliphatic rings. The minimum absolute atomic E-state index is 0.0551. The Balaban J connectivity index is 1.29. The first-order chi connectivity index (χ1) is 15.1. The summed E-state index contributed by atoms with van der Waals surface area (Å²) in [5.74, 6) is 0.0551. The Hall–Kier alpha value is -1.89. The van der Waals surface area contributed by atoms with E-state index in [0.717, 1.165) is 43.7 Å². The fourth-order valence-electron chi connectivity index (χ4n) is 5.19. The maximum atomic E-state index is 13.4. The van der Waals surface area contributed by atoms with Crippen molar-refractivity contribution in [2.24, 2.45) is 0 Å². The second kappa shape index (κ2) is 10.2. The standard InChI is InChI=1S/C25H38N4O2/c1-3-19-31-29-23-10-6-5-9-21(23)20-25(29,2)24(30)26-22-11-15-28(16-12-22)18-17-27-13-7-4-8-14-27/h3,5-6,9-10,22H,1,4,7-8,11-20H2,2H3,(H,26,30). The van der Waals surface area contributed by atoms with Gasteiger partial charge in [0, 0.05) is 38.6 Å². The van der Waals surface area contributed by atoms with Gasteiger partial charge in [0.05, 0.1) is 12.3 Å². The molecule has 6 heteroatoms. The number of anilines is 1. The third-order valence-electron chi connectivity index (χ3n) is 7.11. The number of amides is 1. The average Bonchev–Trinajstić information content (AvgIpc) is 3.10. The number of piperidine rings is 2. The van der Waals surface area contributed by atoms with E-state index in [4.69, 9.17) is 4.84 Å². The number of carbonyl (C=O) groups excluding carboxylic acids is 1. The van der Waals surface area contributed by atoms with E-state index in [1.165, 1.54) is 38.9 Å². The van der Waals surface area contributed by atoms with Gasteiger partial charge in [-0.15, -0.1) is 6.58 Å². The van der Waals surface area contributed by atoms with Crippen LogP contribution in [-0.4, -0.2) is 73.2 Å². The molecule has 1 N–H and O–H groups in total. The highest BCUT2D eigenvalue weighted by Crippen LogP contribution is 2.39. The Morgan fingerprint density at radius 3 is 2.52 bits per heavy atom. The smallest absolute Gasteiger partial charge is 0.248 e. The molecule has 31 heavy (non-hydrogen) atoms. The minimum atomic E-state index is -0.738. The Kier molecular flexibility index (Phi) is 7.31. The molecule has 1 aromatic rings. The molecule has 1 amide bonds. The zero-order valence-corrected chi connectivity index (χ0v) is 19.0. The van der Waals surface area contributed by atoms with Gasteiger partial charge in [-0.2, -0.15) is 0 Å². The second-order valence-corrected chi connectivity index (χ2v) is 9.45. The van der Waals surface area contributed by atoms with Gasteiger partial charge in [0.2, 0.25) is 5.91 Å². The fraction of sp³-hybridized carbons (Fsp3) is 0.640. The van der Waals surface area contributed by atoms with Crippen molar-refractivity contribution in [3.63, 3.8) is 0 Å². The summed E-state index contributed by atoms with van der Waals surface area (Å²) in [6, 6.07) is 8.36.